The SMILES string of the molecule is CCC(C)N(N)C12CC3CC(CC(C3)C1)C2. The molecule has 0 amide bonds. The lowest BCUT2D eigenvalue weighted by Gasteiger charge is -2.60. The zero-order valence-corrected chi connectivity index (χ0v) is 10.8. The van der Waals surface area contributed by atoms with Gasteiger partial charge in [-0.2, -0.15) is 0 Å². The standard InChI is InChI=1S/C14H26N2/c1-3-10(2)16(15)14-7-11-4-12(8-14)6-13(5-11)9-14/h10-13H,3-9,15H2,1-2H3. The largest absolute Gasteiger partial charge is 0.268 e. The maximum absolute atomic E-state index is 6.46. The van der Waals surface area contributed by atoms with Crippen LogP contribution in [0.1, 0.15) is 58.8 Å². The Hall–Kier alpha value is -0.0800. The second kappa shape index (κ2) is 3.71. The van der Waals surface area contributed by atoms with E-state index in [1.54, 1.807) is 0 Å². The van der Waals surface area contributed by atoms with Crippen molar-refractivity contribution in [2.45, 2.75) is 70.4 Å². The Morgan fingerprint density at radius 2 is 1.56 bits per heavy atom. The molecule has 0 aromatic heterocycles. The fourth-order valence-corrected chi connectivity index (χ4v) is 5.05. The van der Waals surface area contributed by atoms with E-state index in [1.807, 2.05) is 0 Å². The van der Waals surface area contributed by atoms with E-state index in [9.17, 15) is 0 Å². The van der Waals surface area contributed by atoms with Gasteiger partial charge in [-0.3, -0.25) is 5.84 Å². The van der Waals surface area contributed by atoms with E-state index in [4.69, 9.17) is 5.84 Å². The highest BCUT2D eigenvalue weighted by Crippen LogP contribution is 2.57. The number of nitrogens with two attached hydrogens (primary N) is 1. The summed E-state index contributed by atoms with van der Waals surface area (Å²) in [6.07, 6.45) is 9.87. The summed E-state index contributed by atoms with van der Waals surface area (Å²) in [5.74, 6) is 9.46. The fraction of sp³-hybridized carbons (Fsp3) is 1.00. The van der Waals surface area contributed by atoms with Crippen LogP contribution in [0.3, 0.4) is 0 Å². The van der Waals surface area contributed by atoms with Crippen LogP contribution in [0.25, 0.3) is 0 Å². The molecule has 4 fully saturated rings. The van der Waals surface area contributed by atoms with Crippen LogP contribution in [0.15, 0.2) is 0 Å². The molecule has 0 spiro atoms. The summed E-state index contributed by atoms with van der Waals surface area (Å²) in [5, 5.41) is 2.26. The second-order valence-electron chi connectivity index (χ2n) is 6.81. The molecule has 2 nitrogen and oxygen atoms in total. The van der Waals surface area contributed by atoms with Gasteiger partial charge in [-0.25, -0.2) is 5.01 Å². The van der Waals surface area contributed by atoms with Gasteiger partial charge < -0.3 is 0 Å². The molecule has 0 aromatic rings. The highest BCUT2D eigenvalue weighted by atomic mass is 15.5. The normalized spacial score (nSPS) is 47.6. The molecule has 0 heterocycles. The predicted molar refractivity (Wildman–Crippen MR) is 66.7 cm³/mol. The van der Waals surface area contributed by atoms with E-state index in [2.05, 4.69) is 18.9 Å². The van der Waals surface area contributed by atoms with Crippen molar-refractivity contribution in [1.82, 2.24) is 5.01 Å². The van der Waals surface area contributed by atoms with Gasteiger partial charge >= 0.3 is 0 Å². The molecule has 0 aliphatic heterocycles. The number of hydrazine groups is 1. The summed E-state index contributed by atoms with van der Waals surface area (Å²) in [6.45, 7) is 4.55. The first-order valence-corrected chi connectivity index (χ1v) is 7.17. The molecule has 1 atom stereocenters. The lowest BCUT2D eigenvalue weighted by Crippen LogP contribution is -2.64. The predicted octanol–water partition coefficient (Wildman–Crippen LogP) is 2.93. The molecule has 2 N–H and O–H groups in total. The quantitative estimate of drug-likeness (QED) is 0.587. The van der Waals surface area contributed by atoms with Crippen LogP contribution >= 0.6 is 0 Å². The van der Waals surface area contributed by atoms with Gasteiger partial charge in [0.1, 0.15) is 0 Å². The molecule has 4 bridgehead atoms. The van der Waals surface area contributed by atoms with E-state index in [1.165, 1.54) is 44.9 Å². The zero-order valence-electron chi connectivity index (χ0n) is 10.8. The van der Waals surface area contributed by atoms with Gasteiger partial charge in [0.05, 0.1) is 0 Å². The van der Waals surface area contributed by atoms with Crippen molar-refractivity contribution in [3.8, 4) is 0 Å². The summed E-state index contributed by atoms with van der Waals surface area (Å²) in [4.78, 5) is 0. The van der Waals surface area contributed by atoms with E-state index in [-0.39, 0.29) is 0 Å². The molecule has 4 rings (SSSR count). The van der Waals surface area contributed by atoms with Crippen molar-refractivity contribution in [2.24, 2.45) is 23.6 Å². The molecule has 0 aromatic carbocycles. The van der Waals surface area contributed by atoms with Crippen LogP contribution in [0.5, 0.6) is 0 Å². The van der Waals surface area contributed by atoms with Crippen molar-refractivity contribution in [3.63, 3.8) is 0 Å². The molecule has 4 saturated carbocycles. The minimum Gasteiger partial charge on any atom is -0.268 e. The van der Waals surface area contributed by atoms with Crippen molar-refractivity contribution in [2.75, 3.05) is 0 Å². The van der Waals surface area contributed by atoms with Crippen LogP contribution in [-0.2, 0) is 0 Å². The van der Waals surface area contributed by atoms with Gasteiger partial charge in [-0.05, 0) is 69.6 Å². The zero-order chi connectivity index (χ0) is 11.3. The fourth-order valence-electron chi connectivity index (χ4n) is 5.05. The molecule has 4 aliphatic rings. The minimum atomic E-state index is 0.393. The Morgan fingerprint density at radius 3 is 1.94 bits per heavy atom. The molecular weight excluding hydrogens is 196 g/mol. The van der Waals surface area contributed by atoms with Gasteiger partial charge in [0.25, 0.3) is 0 Å². The first kappa shape index (κ1) is 11.0. The Bertz CT molecular complexity index is 239. The van der Waals surface area contributed by atoms with Gasteiger partial charge in [0, 0.05) is 11.6 Å². The third-order valence-corrected chi connectivity index (χ3v) is 5.62. The second-order valence-corrected chi connectivity index (χ2v) is 6.81. The topological polar surface area (TPSA) is 29.3 Å². The first-order valence-electron chi connectivity index (χ1n) is 7.17. The van der Waals surface area contributed by atoms with Crippen molar-refractivity contribution in [1.29, 1.82) is 0 Å². The van der Waals surface area contributed by atoms with Gasteiger partial charge in [-0.15, -0.1) is 0 Å². The number of hydrogen-bond acceptors (Lipinski definition) is 2. The van der Waals surface area contributed by atoms with Crippen molar-refractivity contribution in [3.05, 3.63) is 0 Å². The molecule has 92 valence electrons. The van der Waals surface area contributed by atoms with Gasteiger partial charge in [0.15, 0.2) is 0 Å². The average molecular weight is 222 g/mol. The maximum atomic E-state index is 6.46. The highest BCUT2D eigenvalue weighted by Gasteiger charge is 2.53. The average Bonchev–Trinajstić information content (AvgIpc) is 2.25. The summed E-state index contributed by atoms with van der Waals surface area (Å²) in [7, 11) is 0. The highest BCUT2D eigenvalue weighted by molar-refractivity contribution is 5.07. The minimum absolute atomic E-state index is 0.393. The Labute approximate surface area is 99.5 Å². The third-order valence-electron chi connectivity index (χ3n) is 5.62. The van der Waals surface area contributed by atoms with Crippen LogP contribution in [0.2, 0.25) is 0 Å². The summed E-state index contributed by atoms with van der Waals surface area (Å²) < 4.78 is 0. The summed E-state index contributed by atoms with van der Waals surface area (Å²) in [6, 6.07) is 0.552. The Morgan fingerprint density at radius 1 is 1.12 bits per heavy atom. The number of hydrogen-bond donors (Lipinski definition) is 1. The van der Waals surface area contributed by atoms with Gasteiger partial charge in [0.2, 0.25) is 0 Å². The molecule has 0 saturated heterocycles. The van der Waals surface area contributed by atoms with E-state index in [0.717, 1.165) is 17.8 Å². The molecule has 0 radical (unpaired) electrons. The van der Waals surface area contributed by atoms with Crippen LogP contribution < -0.4 is 5.84 Å². The van der Waals surface area contributed by atoms with Gasteiger partial charge in [-0.1, -0.05) is 6.92 Å². The van der Waals surface area contributed by atoms with E-state index in [0.29, 0.717) is 11.6 Å². The van der Waals surface area contributed by atoms with E-state index < -0.39 is 0 Å². The molecule has 1 unspecified atom stereocenters. The lowest BCUT2D eigenvalue weighted by atomic mass is 9.52. The summed E-state index contributed by atoms with van der Waals surface area (Å²) in [5.41, 5.74) is 0.393. The molecular formula is C14H26N2. The number of rotatable bonds is 3. The lowest BCUT2D eigenvalue weighted by molar-refractivity contribution is -0.104. The monoisotopic (exact) mass is 222 g/mol. The third kappa shape index (κ3) is 1.53. The molecule has 4 aliphatic carbocycles. The smallest absolute Gasteiger partial charge is 0.0362 e. The van der Waals surface area contributed by atoms with E-state index >= 15 is 0 Å². The number of nitrogens with zero attached hydrogens (tertiary/aromatic N) is 1. The van der Waals surface area contributed by atoms with Crippen molar-refractivity contribution >= 4 is 0 Å². The molecule has 2 heteroatoms. The Balaban J connectivity index is 1.82. The maximum Gasteiger partial charge on any atom is 0.0362 e. The van der Waals surface area contributed by atoms with Crippen LogP contribution in [0, 0.1) is 17.8 Å². The first-order chi connectivity index (χ1) is 7.63. The summed E-state index contributed by atoms with van der Waals surface area (Å²) >= 11 is 0. The van der Waals surface area contributed by atoms with Crippen molar-refractivity contribution < 1.29 is 0 Å². The Kier molecular flexibility index (Phi) is 2.56. The van der Waals surface area contributed by atoms with Crippen LogP contribution in [-0.4, -0.2) is 16.6 Å². The van der Waals surface area contributed by atoms with Crippen LogP contribution in [0.4, 0.5) is 0 Å². The molecule has 16 heavy (non-hydrogen) atoms.